The molecule has 0 N–H and O–H groups in total. The average molecular weight is 542 g/mol. The molecule has 6 nitrogen and oxygen atoms in total. The van der Waals surface area contributed by atoms with Gasteiger partial charge in [0.25, 0.3) is 0 Å². The third-order valence-electron chi connectivity index (χ3n) is 7.47. The first-order valence-corrected chi connectivity index (χ1v) is 15.9. The Morgan fingerprint density at radius 1 is 0.947 bits per heavy atom. The van der Waals surface area contributed by atoms with Crippen molar-refractivity contribution in [1.29, 1.82) is 5.26 Å². The monoisotopic (exact) mass is 541 g/mol. The standard InChI is InChI=1S/C30H40FNO5Si/c1-29(2,3)38(4,5)37-27-16-28(36-23-34-19-25-14-10-7-11-15-25)30(20-32,26(27)17-31)21-35-22-33-18-24-12-8-6-9-13-24/h6-15,17,27-28H,16,18-19,21-23H2,1-5H3/b26-17-/t27-,28+,30+/m1/s1. The van der Waals surface area contributed by atoms with E-state index >= 15 is 0 Å². The van der Waals surface area contributed by atoms with Gasteiger partial charge in [0.15, 0.2) is 8.32 Å². The van der Waals surface area contributed by atoms with E-state index in [-0.39, 0.29) is 30.8 Å². The van der Waals surface area contributed by atoms with Crippen LogP contribution in [0.5, 0.6) is 0 Å². The largest absolute Gasteiger partial charge is 0.410 e. The highest BCUT2D eigenvalue weighted by Crippen LogP contribution is 2.49. The lowest BCUT2D eigenvalue weighted by Crippen LogP contribution is -2.44. The molecule has 8 heteroatoms. The molecule has 0 saturated heterocycles. The van der Waals surface area contributed by atoms with Gasteiger partial charge in [-0.3, -0.25) is 0 Å². The second kappa shape index (κ2) is 13.6. The number of hydrogen-bond acceptors (Lipinski definition) is 6. The van der Waals surface area contributed by atoms with Gasteiger partial charge in [-0.25, -0.2) is 4.39 Å². The number of benzene rings is 2. The minimum Gasteiger partial charge on any atom is -0.410 e. The summed E-state index contributed by atoms with van der Waals surface area (Å²) in [5, 5.41) is 10.3. The Kier molecular flexibility index (Phi) is 10.8. The SMILES string of the molecule is CC(C)(C)[Si](C)(C)O[C@@H]1C[C@H](OCOCc2ccccc2)[C@@](C#N)(COCOCc2ccccc2)/C1=C\F. The van der Waals surface area contributed by atoms with Crippen molar-refractivity contribution in [3.8, 4) is 6.07 Å². The summed E-state index contributed by atoms with van der Waals surface area (Å²) in [6.45, 7) is 11.2. The summed E-state index contributed by atoms with van der Waals surface area (Å²) in [7, 11) is -2.27. The van der Waals surface area contributed by atoms with Gasteiger partial charge in [0.1, 0.15) is 19.0 Å². The highest BCUT2D eigenvalue weighted by molar-refractivity contribution is 6.74. The van der Waals surface area contributed by atoms with E-state index in [1.807, 2.05) is 60.7 Å². The molecule has 3 rings (SSSR count). The Labute approximate surface area is 227 Å². The summed E-state index contributed by atoms with van der Waals surface area (Å²) in [6, 6.07) is 21.8. The van der Waals surface area contributed by atoms with Crippen molar-refractivity contribution < 1.29 is 27.8 Å². The molecule has 2 aromatic rings. The zero-order valence-electron chi connectivity index (χ0n) is 23.1. The molecular formula is C30H40FNO5Si. The fourth-order valence-electron chi connectivity index (χ4n) is 4.22. The average Bonchev–Trinajstić information content (AvgIpc) is 3.18. The maximum absolute atomic E-state index is 14.5. The molecule has 1 fully saturated rings. The Morgan fingerprint density at radius 2 is 1.50 bits per heavy atom. The highest BCUT2D eigenvalue weighted by atomic mass is 28.4. The number of hydrogen-bond donors (Lipinski definition) is 0. The van der Waals surface area contributed by atoms with Gasteiger partial charge in [-0.15, -0.1) is 0 Å². The molecule has 1 aliphatic rings. The van der Waals surface area contributed by atoms with E-state index in [2.05, 4.69) is 39.9 Å². The minimum absolute atomic E-state index is 0.0388. The molecule has 1 saturated carbocycles. The van der Waals surface area contributed by atoms with Crippen LogP contribution in [0.4, 0.5) is 4.39 Å². The summed E-state index contributed by atoms with van der Waals surface area (Å²) in [4.78, 5) is 0. The Morgan fingerprint density at radius 3 is 2.00 bits per heavy atom. The predicted octanol–water partition coefficient (Wildman–Crippen LogP) is 6.89. The van der Waals surface area contributed by atoms with E-state index in [1.54, 1.807) is 0 Å². The fourth-order valence-corrected chi connectivity index (χ4v) is 5.51. The van der Waals surface area contributed by atoms with Crippen LogP contribution < -0.4 is 0 Å². The third kappa shape index (κ3) is 7.60. The number of rotatable bonds is 13. The van der Waals surface area contributed by atoms with E-state index in [0.29, 0.717) is 26.0 Å². The van der Waals surface area contributed by atoms with Gasteiger partial charge >= 0.3 is 0 Å². The molecule has 0 radical (unpaired) electrons. The zero-order chi connectivity index (χ0) is 27.7. The molecular weight excluding hydrogens is 501 g/mol. The van der Waals surface area contributed by atoms with Crippen molar-refractivity contribution in [1.82, 2.24) is 0 Å². The maximum Gasteiger partial charge on any atom is 0.192 e. The lowest BCUT2D eigenvalue weighted by molar-refractivity contribution is -0.136. The molecule has 0 heterocycles. The lowest BCUT2D eigenvalue weighted by atomic mass is 9.83. The van der Waals surface area contributed by atoms with Gasteiger partial charge in [-0.05, 0) is 29.3 Å². The van der Waals surface area contributed by atoms with Gasteiger partial charge in [-0.1, -0.05) is 81.4 Å². The second-order valence-corrected chi connectivity index (χ2v) is 15.9. The Hall–Kier alpha value is -2.38. The quantitative estimate of drug-likeness (QED) is 0.156. The first-order valence-electron chi connectivity index (χ1n) is 13.0. The molecule has 1 aliphatic carbocycles. The predicted molar refractivity (Wildman–Crippen MR) is 147 cm³/mol. The first kappa shape index (κ1) is 30.2. The van der Waals surface area contributed by atoms with Crippen molar-refractivity contribution in [2.75, 3.05) is 20.2 Å². The van der Waals surface area contributed by atoms with Gasteiger partial charge in [-0.2, -0.15) is 5.26 Å². The highest BCUT2D eigenvalue weighted by Gasteiger charge is 2.56. The van der Waals surface area contributed by atoms with Crippen LogP contribution in [-0.2, 0) is 36.6 Å². The van der Waals surface area contributed by atoms with Crippen LogP contribution in [0.1, 0.15) is 38.3 Å². The molecule has 0 spiro atoms. The normalized spacial score (nSPS) is 23.0. The van der Waals surface area contributed by atoms with Crippen LogP contribution >= 0.6 is 0 Å². The van der Waals surface area contributed by atoms with Gasteiger partial charge < -0.3 is 23.4 Å². The zero-order valence-corrected chi connectivity index (χ0v) is 24.1. The van der Waals surface area contributed by atoms with Crippen molar-refractivity contribution in [2.24, 2.45) is 5.41 Å². The van der Waals surface area contributed by atoms with Crippen molar-refractivity contribution in [3.63, 3.8) is 0 Å². The van der Waals surface area contributed by atoms with Crippen molar-refractivity contribution in [3.05, 3.63) is 83.7 Å². The summed E-state index contributed by atoms with van der Waals surface area (Å²) in [5.74, 6) is 0. The van der Waals surface area contributed by atoms with E-state index < -0.39 is 25.9 Å². The first-order chi connectivity index (χ1) is 18.1. The van der Waals surface area contributed by atoms with E-state index in [1.165, 1.54) is 0 Å². The van der Waals surface area contributed by atoms with Crippen LogP contribution in [0.15, 0.2) is 72.6 Å². The van der Waals surface area contributed by atoms with Gasteiger partial charge in [0.05, 0.1) is 44.4 Å². The number of nitrogens with zero attached hydrogens (tertiary/aromatic N) is 1. The topological polar surface area (TPSA) is 69.9 Å². The minimum atomic E-state index is -2.27. The van der Waals surface area contributed by atoms with E-state index in [9.17, 15) is 9.65 Å². The number of nitriles is 1. The number of halogens is 1. The Balaban J connectivity index is 1.70. The molecule has 0 amide bonds. The summed E-state index contributed by atoms with van der Waals surface area (Å²) >= 11 is 0. The van der Waals surface area contributed by atoms with Crippen LogP contribution in [0.25, 0.3) is 0 Å². The maximum atomic E-state index is 14.5. The van der Waals surface area contributed by atoms with Crippen LogP contribution in [-0.4, -0.2) is 40.7 Å². The fraction of sp³-hybridized carbons (Fsp3) is 0.500. The van der Waals surface area contributed by atoms with Crippen molar-refractivity contribution >= 4 is 8.32 Å². The second-order valence-electron chi connectivity index (χ2n) is 11.2. The van der Waals surface area contributed by atoms with Gasteiger partial charge in [0.2, 0.25) is 0 Å². The lowest BCUT2D eigenvalue weighted by Gasteiger charge is -2.39. The van der Waals surface area contributed by atoms with Crippen LogP contribution in [0.2, 0.25) is 18.1 Å². The molecule has 2 aromatic carbocycles. The molecule has 0 bridgehead atoms. The molecule has 206 valence electrons. The molecule has 0 aromatic heterocycles. The van der Waals surface area contributed by atoms with E-state index in [0.717, 1.165) is 11.1 Å². The van der Waals surface area contributed by atoms with Gasteiger partial charge in [0, 0.05) is 12.0 Å². The third-order valence-corrected chi connectivity index (χ3v) is 12.0. The molecule has 3 atom stereocenters. The summed E-state index contributed by atoms with van der Waals surface area (Å²) in [6.07, 6.45) is -0.426. The van der Waals surface area contributed by atoms with Crippen LogP contribution in [0, 0.1) is 16.7 Å². The molecule has 0 unspecified atom stereocenters. The van der Waals surface area contributed by atoms with Crippen molar-refractivity contribution in [2.45, 2.75) is 70.7 Å². The number of ether oxygens (including phenoxy) is 4. The van der Waals surface area contributed by atoms with Crippen LogP contribution in [0.3, 0.4) is 0 Å². The smallest absolute Gasteiger partial charge is 0.192 e. The summed E-state index contributed by atoms with van der Waals surface area (Å²) < 4.78 is 44.4. The summed E-state index contributed by atoms with van der Waals surface area (Å²) in [5.41, 5.74) is 0.905. The Bertz CT molecular complexity index is 1070. The van der Waals surface area contributed by atoms with E-state index in [4.69, 9.17) is 23.4 Å². The molecule has 38 heavy (non-hydrogen) atoms. The molecule has 0 aliphatic heterocycles.